The molecule has 0 aliphatic carbocycles. The van der Waals surface area contributed by atoms with Gasteiger partial charge in [0, 0.05) is 19.4 Å². The summed E-state index contributed by atoms with van der Waals surface area (Å²) in [7, 11) is 0. The van der Waals surface area contributed by atoms with Crippen LogP contribution in [0.2, 0.25) is 0 Å². The predicted octanol–water partition coefficient (Wildman–Crippen LogP) is -0.101. The highest BCUT2D eigenvalue weighted by Crippen LogP contribution is 2.15. The second-order valence-corrected chi connectivity index (χ2v) is 15.3. The van der Waals surface area contributed by atoms with Crippen molar-refractivity contribution in [2.45, 2.75) is 109 Å². The van der Waals surface area contributed by atoms with Crippen LogP contribution < -0.4 is 43.4 Å². The van der Waals surface area contributed by atoms with Crippen LogP contribution in [-0.2, 0) is 41.6 Å². The van der Waals surface area contributed by atoms with E-state index < -0.39 is 71.8 Å². The Morgan fingerprint density at radius 1 is 0.724 bits per heavy atom. The third kappa shape index (κ3) is 15.6. The molecule has 18 heteroatoms. The van der Waals surface area contributed by atoms with E-state index in [9.17, 15) is 44.1 Å². The average Bonchev–Trinajstić information content (AvgIpc) is 3.71. The van der Waals surface area contributed by atoms with E-state index in [1.807, 2.05) is 0 Å². The van der Waals surface area contributed by atoms with Crippen LogP contribution in [0.1, 0.15) is 70.9 Å². The standard InChI is InChI=1S/C40H59N9O9/c1-22(2)19-32(39(57)58)48-36(54)30(20-24-9-13-26(50)14-10-24)47-35(53)29(8-6-18-44-40(41)42)45-38(56)33(23(3)4)49-37(55)31(21-25-11-15-27(51)16-12-25)46-34(52)28-7-5-17-43-28/h9-16,22-23,28-33,43,50-51H,5-8,17-21H2,1-4H3,(H,45,56)(H,46,52)(H,47,53)(H,48,54)(H,49,55)(H,57,58)(H4,41,42,44)/t28-,29-,30-,31-,32-,33-/m0/s1. The number of carboxylic acid groups (broad SMARTS) is 1. The first-order chi connectivity index (χ1) is 27.4. The summed E-state index contributed by atoms with van der Waals surface area (Å²) in [5.74, 6) is -5.29. The minimum Gasteiger partial charge on any atom is -0.508 e. The number of benzene rings is 2. The van der Waals surface area contributed by atoms with Crippen LogP contribution in [0.15, 0.2) is 53.5 Å². The molecule has 2 aromatic carbocycles. The Kier molecular flexibility index (Phi) is 18.2. The molecule has 5 amide bonds. The summed E-state index contributed by atoms with van der Waals surface area (Å²) < 4.78 is 0. The molecule has 0 radical (unpaired) electrons. The Labute approximate surface area is 338 Å². The molecule has 13 N–H and O–H groups in total. The minimum atomic E-state index is -1.30. The van der Waals surface area contributed by atoms with Crippen LogP contribution in [-0.4, -0.2) is 106 Å². The van der Waals surface area contributed by atoms with Gasteiger partial charge in [-0.15, -0.1) is 0 Å². The van der Waals surface area contributed by atoms with Crippen molar-refractivity contribution < 1.29 is 44.1 Å². The molecule has 58 heavy (non-hydrogen) atoms. The van der Waals surface area contributed by atoms with Crippen molar-refractivity contribution in [3.05, 3.63) is 59.7 Å². The number of guanidine groups is 1. The number of aliphatic carboxylic acids is 1. The summed E-state index contributed by atoms with van der Waals surface area (Å²) in [6, 6.07) is 5.49. The van der Waals surface area contributed by atoms with Gasteiger partial charge in [0.1, 0.15) is 41.7 Å². The number of amides is 5. The largest absolute Gasteiger partial charge is 0.508 e. The van der Waals surface area contributed by atoms with E-state index in [1.165, 1.54) is 24.3 Å². The number of nitrogens with one attached hydrogen (secondary N) is 6. The summed E-state index contributed by atoms with van der Waals surface area (Å²) in [6.45, 7) is 7.77. The molecule has 3 rings (SSSR count). The maximum Gasteiger partial charge on any atom is 0.326 e. The molecule has 1 aliphatic rings. The van der Waals surface area contributed by atoms with E-state index in [-0.39, 0.29) is 67.9 Å². The van der Waals surface area contributed by atoms with Crippen LogP contribution in [0, 0.1) is 11.8 Å². The monoisotopic (exact) mass is 809 g/mol. The summed E-state index contributed by atoms with van der Waals surface area (Å²) in [4.78, 5) is 84.7. The van der Waals surface area contributed by atoms with E-state index in [0.29, 0.717) is 24.1 Å². The van der Waals surface area contributed by atoms with E-state index in [0.717, 1.165) is 6.42 Å². The quantitative estimate of drug-likeness (QED) is 0.0422. The zero-order valence-electron chi connectivity index (χ0n) is 33.5. The fourth-order valence-electron chi connectivity index (χ4n) is 6.39. The van der Waals surface area contributed by atoms with Gasteiger partial charge in [-0.25, -0.2) is 4.79 Å². The molecule has 0 bridgehead atoms. The molecular formula is C40H59N9O9. The Morgan fingerprint density at radius 2 is 1.22 bits per heavy atom. The van der Waals surface area contributed by atoms with Crippen LogP contribution >= 0.6 is 0 Å². The molecule has 0 saturated carbocycles. The number of nitrogens with zero attached hydrogens (tertiary/aromatic N) is 1. The number of phenols is 2. The minimum absolute atomic E-state index is 0.000310. The Balaban J connectivity index is 1.87. The molecule has 0 spiro atoms. The van der Waals surface area contributed by atoms with Gasteiger partial charge in [0.25, 0.3) is 0 Å². The van der Waals surface area contributed by atoms with E-state index in [4.69, 9.17) is 11.5 Å². The van der Waals surface area contributed by atoms with Gasteiger partial charge in [0.15, 0.2) is 5.96 Å². The first-order valence-corrected chi connectivity index (χ1v) is 19.5. The smallest absolute Gasteiger partial charge is 0.326 e. The van der Waals surface area contributed by atoms with E-state index >= 15 is 0 Å². The second-order valence-electron chi connectivity index (χ2n) is 15.3. The predicted molar refractivity (Wildman–Crippen MR) is 216 cm³/mol. The maximum absolute atomic E-state index is 14.1. The number of hydrogen-bond donors (Lipinski definition) is 11. The summed E-state index contributed by atoms with van der Waals surface area (Å²) in [5.41, 5.74) is 12.2. The highest BCUT2D eigenvalue weighted by molar-refractivity contribution is 5.96. The van der Waals surface area contributed by atoms with Crippen molar-refractivity contribution in [1.29, 1.82) is 0 Å². The summed E-state index contributed by atoms with van der Waals surface area (Å²) in [6.07, 6.45) is 1.70. The van der Waals surface area contributed by atoms with Gasteiger partial charge in [-0.2, -0.15) is 0 Å². The Bertz CT molecular complexity index is 1730. The third-order valence-electron chi connectivity index (χ3n) is 9.54. The molecule has 1 fully saturated rings. The SMILES string of the molecule is CC(C)C[C@H](NC(=O)[C@H](Cc1ccc(O)cc1)NC(=O)[C@H](CCCN=C(N)N)NC(=O)[C@@H](NC(=O)[C@H](Cc1ccc(O)cc1)NC(=O)[C@@H]1CCCN1)C(C)C)C(=O)O. The number of carbonyl (C=O) groups excluding carboxylic acids is 5. The molecule has 1 heterocycles. The van der Waals surface area contributed by atoms with Gasteiger partial charge in [-0.05, 0) is 85.9 Å². The number of rotatable bonds is 22. The summed E-state index contributed by atoms with van der Waals surface area (Å²) in [5, 5.41) is 45.9. The molecule has 318 valence electrons. The zero-order chi connectivity index (χ0) is 42.9. The van der Waals surface area contributed by atoms with Gasteiger partial charge in [-0.3, -0.25) is 29.0 Å². The van der Waals surface area contributed by atoms with Gasteiger partial charge < -0.3 is 58.7 Å². The molecule has 18 nitrogen and oxygen atoms in total. The number of hydrogen-bond acceptors (Lipinski definition) is 10. The average molecular weight is 810 g/mol. The summed E-state index contributed by atoms with van der Waals surface area (Å²) >= 11 is 0. The highest BCUT2D eigenvalue weighted by atomic mass is 16.4. The highest BCUT2D eigenvalue weighted by Gasteiger charge is 2.34. The van der Waals surface area contributed by atoms with Crippen molar-refractivity contribution in [1.82, 2.24) is 31.9 Å². The van der Waals surface area contributed by atoms with Crippen LogP contribution in [0.4, 0.5) is 0 Å². The number of phenolic OH excluding ortho intramolecular Hbond substituents is 2. The number of carboxylic acids is 1. The lowest BCUT2D eigenvalue weighted by Gasteiger charge is -2.29. The van der Waals surface area contributed by atoms with E-state index in [1.54, 1.807) is 52.0 Å². The van der Waals surface area contributed by atoms with Crippen molar-refractivity contribution in [3.8, 4) is 11.5 Å². The number of nitrogens with two attached hydrogens (primary N) is 2. The normalized spacial score (nSPS) is 16.3. The first-order valence-electron chi connectivity index (χ1n) is 19.5. The van der Waals surface area contributed by atoms with E-state index in [2.05, 4.69) is 36.9 Å². The zero-order valence-corrected chi connectivity index (χ0v) is 33.5. The van der Waals surface area contributed by atoms with Gasteiger partial charge >= 0.3 is 5.97 Å². The maximum atomic E-state index is 14.1. The topological polar surface area (TPSA) is 300 Å². The molecule has 2 aromatic rings. The number of aromatic hydroxyl groups is 2. The van der Waals surface area contributed by atoms with Crippen LogP contribution in [0.3, 0.4) is 0 Å². The Morgan fingerprint density at radius 3 is 1.71 bits per heavy atom. The second kappa shape index (κ2) is 22.7. The fourth-order valence-corrected chi connectivity index (χ4v) is 6.39. The van der Waals surface area contributed by atoms with Gasteiger partial charge in [0.2, 0.25) is 29.5 Å². The molecule has 6 atom stereocenters. The fraction of sp³-hybridized carbons (Fsp3) is 0.525. The molecule has 0 unspecified atom stereocenters. The molecule has 0 aromatic heterocycles. The van der Waals surface area contributed by atoms with Crippen LogP contribution in [0.25, 0.3) is 0 Å². The lowest BCUT2D eigenvalue weighted by atomic mass is 9.99. The third-order valence-corrected chi connectivity index (χ3v) is 9.54. The number of aliphatic imine (C=N–C) groups is 1. The van der Waals surface area contributed by atoms with Crippen LogP contribution in [0.5, 0.6) is 11.5 Å². The lowest BCUT2D eigenvalue weighted by molar-refractivity contribution is -0.142. The van der Waals surface area contributed by atoms with Gasteiger partial charge in [-0.1, -0.05) is 52.0 Å². The molecular weight excluding hydrogens is 750 g/mol. The van der Waals surface area contributed by atoms with Crippen molar-refractivity contribution >= 4 is 41.5 Å². The van der Waals surface area contributed by atoms with Crippen molar-refractivity contribution in [2.24, 2.45) is 28.3 Å². The molecule has 1 aliphatic heterocycles. The Hall–Kier alpha value is -5.91. The first kappa shape index (κ1) is 46.5. The number of carbonyl (C=O) groups is 6. The van der Waals surface area contributed by atoms with Crippen molar-refractivity contribution in [3.63, 3.8) is 0 Å². The van der Waals surface area contributed by atoms with Crippen molar-refractivity contribution in [2.75, 3.05) is 13.1 Å². The molecule has 1 saturated heterocycles. The lowest BCUT2D eigenvalue weighted by Crippen LogP contribution is -2.60. The van der Waals surface area contributed by atoms with Gasteiger partial charge in [0.05, 0.1) is 6.04 Å².